The van der Waals surface area contributed by atoms with Crippen LogP contribution in [0.15, 0.2) is 61.1 Å². The Morgan fingerprint density at radius 3 is 2.67 bits per heavy atom. The lowest BCUT2D eigenvalue weighted by molar-refractivity contribution is -0.670. The predicted octanol–water partition coefficient (Wildman–Crippen LogP) is 2.63. The first kappa shape index (κ1) is 17.0. The van der Waals surface area contributed by atoms with E-state index in [1.165, 1.54) is 11.0 Å². The minimum atomic E-state index is 0.276. The van der Waals surface area contributed by atoms with Gasteiger partial charge in [-0.15, -0.1) is 9.94 Å². The Balaban J connectivity index is 1.55. The lowest BCUT2D eigenvalue weighted by atomic mass is 10.1. The van der Waals surface area contributed by atoms with Gasteiger partial charge in [-0.1, -0.05) is 28.4 Å². The van der Waals surface area contributed by atoms with Gasteiger partial charge in [0.15, 0.2) is 10.9 Å². The van der Waals surface area contributed by atoms with Crippen LogP contribution >= 0.6 is 11.6 Å². The van der Waals surface area contributed by atoms with Gasteiger partial charge in [0, 0.05) is 22.8 Å². The number of benzene rings is 2. The van der Waals surface area contributed by atoms with Gasteiger partial charge in [0.2, 0.25) is 5.88 Å². The van der Waals surface area contributed by atoms with Crippen molar-refractivity contribution in [3.8, 4) is 17.3 Å². The highest BCUT2D eigenvalue weighted by atomic mass is 35.5. The standard InChI is InChI=1S/C18H15ClN6O2/c1-13-3-2-4-17(24-12-25(26)22-21-24)16(13)11-27-18-9-10-23(20-18)15-7-5-14(19)6-8-15/h2-10,12H,11H2,1H3. The molecule has 27 heavy (non-hydrogen) atoms. The maximum Gasteiger partial charge on any atom is 0.251 e. The van der Waals surface area contributed by atoms with E-state index in [0.29, 0.717) is 15.7 Å². The molecule has 2 heterocycles. The fraction of sp³-hybridized carbons (Fsp3) is 0.111. The predicted molar refractivity (Wildman–Crippen MR) is 98.0 cm³/mol. The first-order chi connectivity index (χ1) is 13.1. The fourth-order valence-electron chi connectivity index (χ4n) is 2.69. The number of tetrazole rings is 1. The summed E-state index contributed by atoms with van der Waals surface area (Å²) in [4.78, 5) is 0.404. The maximum absolute atomic E-state index is 11.3. The van der Waals surface area contributed by atoms with Gasteiger partial charge in [0.1, 0.15) is 11.8 Å². The zero-order chi connectivity index (χ0) is 18.8. The Labute approximate surface area is 159 Å². The van der Waals surface area contributed by atoms with Crippen molar-refractivity contribution in [2.75, 3.05) is 0 Å². The highest BCUT2D eigenvalue weighted by Crippen LogP contribution is 2.21. The van der Waals surface area contributed by atoms with Crippen LogP contribution in [0.2, 0.25) is 5.02 Å². The van der Waals surface area contributed by atoms with Crippen LogP contribution in [-0.2, 0) is 6.61 Å². The zero-order valence-electron chi connectivity index (χ0n) is 14.4. The van der Waals surface area contributed by atoms with Crippen LogP contribution in [0.1, 0.15) is 11.1 Å². The van der Waals surface area contributed by atoms with Crippen molar-refractivity contribution >= 4 is 11.6 Å². The van der Waals surface area contributed by atoms with Gasteiger partial charge < -0.3 is 9.94 Å². The van der Waals surface area contributed by atoms with Gasteiger partial charge in [0.05, 0.1) is 5.69 Å². The molecule has 0 unspecified atom stereocenters. The lowest BCUT2D eigenvalue weighted by Crippen LogP contribution is -2.26. The third-order valence-corrected chi connectivity index (χ3v) is 4.34. The molecule has 0 aliphatic rings. The summed E-state index contributed by atoms with van der Waals surface area (Å²) in [5, 5.41) is 23.6. The Hall–Kier alpha value is -3.39. The maximum atomic E-state index is 11.3. The topological polar surface area (TPSA) is 84.7 Å². The summed E-state index contributed by atoms with van der Waals surface area (Å²) < 4.78 is 9.00. The van der Waals surface area contributed by atoms with E-state index in [1.807, 2.05) is 43.5 Å². The molecule has 136 valence electrons. The quantitative estimate of drug-likeness (QED) is 0.391. The summed E-state index contributed by atoms with van der Waals surface area (Å²) >= 11 is 5.92. The summed E-state index contributed by atoms with van der Waals surface area (Å²) in [5.41, 5.74) is 3.52. The second-order valence-electron chi connectivity index (χ2n) is 5.88. The molecule has 0 atom stereocenters. The highest BCUT2D eigenvalue weighted by Gasteiger charge is 2.15. The van der Waals surface area contributed by atoms with Crippen molar-refractivity contribution in [2.24, 2.45) is 0 Å². The van der Waals surface area contributed by atoms with Crippen LogP contribution in [0.25, 0.3) is 11.4 Å². The molecule has 0 N–H and O–H groups in total. The minimum Gasteiger partial charge on any atom is -0.722 e. The van der Waals surface area contributed by atoms with Crippen LogP contribution in [0.5, 0.6) is 5.88 Å². The second kappa shape index (κ2) is 7.08. The molecule has 2 aromatic carbocycles. The molecule has 0 aliphatic carbocycles. The first-order valence-corrected chi connectivity index (χ1v) is 8.53. The van der Waals surface area contributed by atoms with E-state index in [0.717, 1.165) is 22.5 Å². The molecule has 0 radical (unpaired) electrons. The average molecular weight is 383 g/mol. The molecule has 0 fully saturated rings. The average Bonchev–Trinajstić information content (AvgIpc) is 3.30. The normalized spacial score (nSPS) is 10.9. The number of hydrogen-bond acceptors (Lipinski definition) is 5. The van der Waals surface area contributed by atoms with Gasteiger partial charge in [-0.3, -0.25) is 0 Å². The zero-order valence-corrected chi connectivity index (χ0v) is 15.1. The van der Waals surface area contributed by atoms with E-state index in [2.05, 4.69) is 15.5 Å². The summed E-state index contributed by atoms with van der Waals surface area (Å²) in [6.45, 7) is 2.25. The lowest BCUT2D eigenvalue weighted by Gasteiger charge is -2.09. The number of halogens is 1. The van der Waals surface area contributed by atoms with Crippen LogP contribution in [0.4, 0.5) is 0 Å². The minimum absolute atomic E-state index is 0.276. The van der Waals surface area contributed by atoms with Crippen molar-refractivity contribution < 1.29 is 9.58 Å². The number of ether oxygens (including phenoxy) is 1. The van der Waals surface area contributed by atoms with E-state index in [1.54, 1.807) is 22.9 Å². The molecular weight excluding hydrogens is 368 g/mol. The van der Waals surface area contributed by atoms with E-state index in [9.17, 15) is 5.21 Å². The van der Waals surface area contributed by atoms with E-state index in [4.69, 9.17) is 16.3 Å². The molecule has 0 bridgehead atoms. The van der Waals surface area contributed by atoms with Crippen molar-refractivity contribution in [1.82, 2.24) is 24.9 Å². The van der Waals surface area contributed by atoms with Gasteiger partial charge in [0.25, 0.3) is 6.33 Å². The molecule has 0 aliphatic heterocycles. The van der Waals surface area contributed by atoms with Crippen molar-refractivity contribution in [3.63, 3.8) is 0 Å². The van der Waals surface area contributed by atoms with E-state index >= 15 is 0 Å². The monoisotopic (exact) mass is 382 g/mol. The van der Waals surface area contributed by atoms with Crippen LogP contribution in [-0.4, -0.2) is 24.9 Å². The third kappa shape index (κ3) is 3.61. The SMILES string of the molecule is Cc1cccc(-n2c[n+]([O-])nn2)c1COc1ccn(-c2ccc(Cl)cc2)n1. The van der Waals surface area contributed by atoms with E-state index in [-0.39, 0.29) is 6.61 Å². The van der Waals surface area contributed by atoms with Crippen LogP contribution in [0, 0.1) is 12.1 Å². The third-order valence-electron chi connectivity index (χ3n) is 4.09. The molecule has 2 aromatic heterocycles. The van der Waals surface area contributed by atoms with Crippen LogP contribution < -0.4 is 9.58 Å². The van der Waals surface area contributed by atoms with Gasteiger partial charge >= 0.3 is 0 Å². The van der Waals surface area contributed by atoms with Gasteiger partial charge in [-0.05, 0) is 42.8 Å². The van der Waals surface area contributed by atoms with Crippen molar-refractivity contribution in [2.45, 2.75) is 13.5 Å². The van der Waals surface area contributed by atoms with E-state index < -0.39 is 0 Å². The largest absolute Gasteiger partial charge is 0.722 e. The van der Waals surface area contributed by atoms with Crippen LogP contribution in [0.3, 0.4) is 0 Å². The molecule has 0 amide bonds. The molecule has 9 heteroatoms. The molecule has 8 nitrogen and oxygen atoms in total. The summed E-state index contributed by atoms with van der Waals surface area (Å²) in [6.07, 6.45) is 3.07. The first-order valence-electron chi connectivity index (χ1n) is 8.15. The Bertz CT molecular complexity index is 1070. The Morgan fingerprint density at radius 2 is 1.93 bits per heavy atom. The summed E-state index contributed by atoms with van der Waals surface area (Å²) in [6, 6.07) is 14.9. The molecule has 4 rings (SSSR count). The number of aryl methyl sites for hydroxylation is 1. The Kier molecular flexibility index (Phi) is 4.47. The second-order valence-corrected chi connectivity index (χ2v) is 6.31. The summed E-state index contributed by atoms with van der Waals surface area (Å²) in [7, 11) is 0. The van der Waals surface area contributed by atoms with Crippen molar-refractivity contribution in [3.05, 3.63) is 82.4 Å². The highest BCUT2D eigenvalue weighted by molar-refractivity contribution is 6.30. The number of hydrogen-bond donors (Lipinski definition) is 0. The molecule has 4 aromatic rings. The summed E-state index contributed by atoms with van der Waals surface area (Å²) in [5.74, 6) is 0.483. The fourth-order valence-corrected chi connectivity index (χ4v) is 2.82. The molecule has 0 spiro atoms. The number of rotatable bonds is 5. The smallest absolute Gasteiger partial charge is 0.251 e. The molecule has 0 saturated heterocycles. The molecule has 0 saturated carbocycles. The van der Waals surface area contributed by atoms with Gasteiger partial charge in [-0.25, -0.2) is 4.68 Å². The van der Waals surface area contributed by atoms with Crippen molar-refractivity contribution in [1.29, 1.82) is 0 Å². The number of nitrogens with zero attached hydrogens (tertiary/aromatic N) is 6. The molecular formula is C18H15ClN6O2. The number of aromatic nitrogens is 6. The Morgan fingerprint density at radius 1 is 1.11 bits per heavy atom. The van der Waals surface area contributed by atoms with Gasteiger partial charge in [-0.2, -0.15) is 0 Å².